The fourth-order valence-electron chi connectivity index (χ4n) is 0.807. The Hall–Kier alpha value is -2.23. The van der Waals surface area contributed by atoms with E-state index in [4.69, 9.17) is 15.3 Å². The Kier molecular flexibility index (Phi) is 12.5. The highest BCUT2D eigenvalue weighted by atomic mass is 16.7. The fourth-order valence-corrected chi connectivity index (χ4v) is 0.807. The summed E-state index contributed by atoms with van der Waals surface area (Å²) in [6, 6.07) is 0. The van der Waals surface area contributed by atoms with Crippen LogP contribution in [0.4, 0.5) is 0 Å². The smallest absolute Gasteiger partial charge is 0.390 e. The zero-order chi connectivity index (χ0) is 17.6. The Morgan fingerprint density at radius 1 is 1.00 bits per heavy atom. The van der Waals surface area contributed by atoms with Gasteiger partial charge in [-0.1, -0.05) is 13.2 Å². The van der Waals surface area contributed by atoms with Crippen molar-refractivity contribution in [1.29, 1.82) is 0 Å². The molecule has 0 rings (SSSR count). The molecule has 22 heavy (non-hydrogen) atoms. The molecule has 126 valence electrons. The standard InChI is InChI=1S/C9H10O6.C4H10O3/c1-4-6(10)14-9(3,8(12)13)15-7(11)5-2;5-1-3-7-4-2-6/h4-5H,1-2H2,3H3,(H,12,13);5-6H,1-4H2. The molecule has 0 radical (unpaired) electrons. The lowest BCUT2D eigenvalue weighted by atomic mass is 10.3. The van der Waals surface area contributed by atoms with E-state index in [0.29, 0.717) is 13.2 Å². The van der Waals surface area contributed by atoms with Crippen LogP contribution >= 0.6 is 0 Å². The quantitative estimate of drug-likeness (QED) is 0.216. The highest BCUT2D eigenvalue weighted by Gasteiger charge is 2.41. The largest absolute Gasteiger partial charge is 0.475 e. The Bertz CT molecular complexity index is 363. The first-order valence-electron chi connectivity index (χ1n) is 6.01. The molecule has 0 aromatic heterocycles. The maximum Gasteiger partial charge on any atom is 0.390 e. The van der Waals surface area contributed by atoms with Gasteiger partial charge in [0.2, 0.25) is 0 Å². The van der Waals surface area contributed by atoms with Gasteiger partial charge in [-0.2, -0.15) is 0 Å². The van der Waals surface area contributed by atoms with Crippen LogP contribution in [-0.2, 0) is 28.6 Å². The third-order valence-electron chi connectivity index (χ3n) is 1.78. The van der Waals surface area contributed by atoms with E-state index >= 15 is 0 Å². The molecule has 3 N–H and O–H groups in total. The summed E-state index contributed by atoms with van der Waals surface area (Å²) in [4.78, 5) is 32.3. The normalized spacial score (nSPS) is 9.77. The van der Waals surface area contributed by atoms with Crippen molar-refractivity contribution in [1.82, 2.24) is 0 Å². The van der Waals surface area contributed by atoms with Crippen LogP contribution < -0.4 is 0 Å². The molecule has 9 nitrogen and oxygen atoms in total. The van der Waals surface area contributed by atoms with Crippen LogP contribution in [0.2, 0.25) is 0 Å². The second-order valence-corrected chi connectivity index (χ2v) is 3.56. The van der Waals surface area contributed by atoms with Gasteiger partial charge in [-0.25, -0.2) is 14.4 Å². The zero-order valence-corrected chi connectivity index (χ0v) is 12.2. The topological polar surface area (TPSA) is 140 Å². The van der Waals surface area contributed by atoms with Gasteiger partial charge in [0.15, 0.2) is 0 Å². The van der Waals surface area contributed by atoms with Crippen molar-refractivity contribution in [3.8, 4) is 0 Å². The number of carbonyl (C=O) groups is 3. The van der Waals surface area contributed by atoms with Crippen LogP contribution in [0.15, 0.2) is 25.3 Å². The van der Waals surface area contributed by atoms with Crippen LogP contribution in [0.25, 0.3) is 0 Å². The molecule has 0 amide bonds. The molecule has 0 bridgehead atoms. The number of aliphatic hydroxyl groups is 2. The van der Waals surface area contributed by atoms with Gasteiger partial charge in [0.25, 0.3) is 0 Å². The molecule has 0 fully saturated rings. The van der Waals surface area contributed by atoms with Gasteiger partial charge in [0.1, 0.15) is 0 Å². The molecule has 0 saturated heterocycles. The van der Waals surface area contributed by atoms with Crippen LogP contribution in [0, 0.1) is 0 Å². The Morgan fingerprint density at radius 3 is 1.59 bits per heavy atom. The molecule has 0 aliphatic carbocycles. The molecule has 0 aliphatic heterocycles. The third-order valence-corrected chi connectivity index (χ3v) is 1.78. The lowest BCUT2D eigenvalue weighted by molar-refractivity contribution is -0.226. The lowest BCUT2D eigenvalue weighted by Crippen LogP contribution is -2.44. The van der Waals surface area contributed by atoms with E-state index in [1.807, 2.05) is 0 Å². The van der Waals surface area contributed by atoms with Crippen LogP contribution in [0.3, 0.4) is 0 Å². The average Bonchev–Trinajstić information content (AvgIpc) is 2.47. The summed E-state index contributed by atoms with van der Waals surface area (Å²) in [7, 11) is 0. The minimum atomic E-state index is -2.38. The van der Waals surface area contributed by atoms with Crippen molar-refractivity contribution < 1.29 is 43.9 Å². The first-order valence-corrected chi connectivity index (χ1v) is 6.01. The van der Waals surface area contributed by atoms with E-state index in [9.17, 15) is 14.4 Å². The van der Waals surface area contributed by atoms with E-state index in [0.717, 1.165) is 19.1 Å². The lowest BCUT2D eigenvalue weighted by Gasteiger charge is -2.23. The highest BCUT2D eigenvalue weighted by molar-refractivity contribution is 5.89. The molecule has 0 heterocycles. The van der Waals surface area contributed by atoms with Crippen molar-refractivity contribution in [2.24, 2.45) is 0 Å². The number of carboxylic acid groups (broad SMARTS) is 1. The summed E-state index contributed by atoms with van der Waals surface area (Å²) >= 11 is 0. The van der Waals surface area contributed by atoms with E-state index in [-0.39, 0.29) is 13.2 Å². The Morgan fingerprint density at radius 2 is 1.36 bits per heavy atom. The first-order chi connectivity index (χ1) is 10.3. The van der Waals surface area contributed by atoms with Crippen LogP contribution in [0.5, 0.6) is 0 Å². The summed E-state index contributed by atoms with van der Waals surface area (Å²) in [6.45, 7) is 7.76. The van der Waals surface area contributed by atoms with Crippen molar-refractivity contribution in [3.63, 3.8) is 0 Å². The van der Waals surface area contributed by atoms with E-state index < -0.39 is 23.7 Å². The van der Waals surface area contributed by atoms with Gasteiger partial charge in [-0.3, -0.25) is 0 Å². The number of ether oxygens (including phenoxy) is 3. The maximum atomic E-state index is 10.8. The molecular weight excluding hydrogens is 300 g/mol. The van der Waals surface area contributed by atoms with Gasteiger partial charge < -0.3 is 29.5 Å². The summed E-state index contributed by atoms with van der Waals surface area (Å²) in [6.07, 6.45) is 1.51. The van der Waals surface area contributed by atoms with Gasteiger partial charge >= 0.3 is 23.7 Å². The van der Waals surface area contributed by atoms with Gasteiger partial charge in [-0.05, 0) is 0 Å². The van der Waals surface area contributed by atoms with Crippen molar-refractivity contribution in [3.05, 3.63) is 25.3 Å². The number of aliphatic carboxylic acids is 1. The average molecular weight is 320 g/mol. The van der Waals surface area contributed by atoms with Gasteiger partial charge in [0.05, 0.1) is 26.4 Å². The summed E-state index contributed by atoms with van der Waals surface area (Å²) in [5.41, 5.74) is 0. The molecule has 9 heteroatoms. The molecule has 0 aromatic rings. The van der Waals surface area contributed by atoms with Crippen LogP contribution in [0.1, 0.15) is 6.92 Å². The second-order valence-electron chi connectivity index (χ2n) is 3.56. The number of rotatable bonds is 9. The van der Waals surface area contributed by atoms with Crippen LogP contribution in [-0.4, -0.2) is 65.4 Å². The predicted molar refractivity (Wildman–Crippen MR) is 73.6 cm³/mol. The fraction of sp³-hybridized carbons (Fsp3) is 0.462. The predicted octanol–water partition coefficient (Wildman–Crippen LogP) is -0.767. The van der Waals surface area contributed by atoms with Gasteiger partial charge in [0, 0.05) is 19.1 Å². The zero-order valence-electron chi connectivity index (χ0n) is 12.2. The monoisotopic (exact) mass is 320 g/mol. The van der Waals surface area contributed by atoms with Crippen molar-refractivity contribution >= 4 is 17.9 Å². The maximum absolute atomic E-state index is 10.8. The Labute approximate surface area is 127 Å². The SMILES string of the molecule is C=CC(=O)OC(C)(OC(=O)C=C)C(=O)O.OCCOCCO. The molecule has 0 aromatic carbocycles. The number of esters is 2. The van der Waals surface area contributed by atoms with Crippen molar-refractivity contribution in [2.45, 2.75) is 12.7 Å². The minimum absolute atomic E-state index is 0.0278. The Balaban J connectivity index is 0. The molecule has 0 aliphatic rings. The molecule has 0 saturated carbocycles. The highest BCUT2D eigenvalue weighted by Crippen LogP contribution is 2.14. The molecular formula is C13H20O9. The summed E-state index contributed by atoms with van der Waals surface area (Å²) in [5, 5.41) is 24.9. The minimum Gasteiger partial charge on any atom is -0.475 e. The number of carbonyl (C=O) groups excluding carboxylic acids is 2. The number of aliphatic hydroxyl groups excluding tert-OH is 2. The van der Waals surface area contributed by atoms with Crippen molar-refractivity contribution in [2.75, 3.05) is 26.4 Å². The molecule has 0 atom stereocenters. The van der Waals surface area contributed by atoms with E-state index in [2.05, 4.69) is 27.4 Å². The first kappa shape index (κ1) is 22.1. The number of carboxylic acids is 1. The molecule has 0 spiro atoms. The number of hydrogen-bond donors (Lipinski definition) is 3. The van der Waals surface area contributed by atoms with E-state index in [1.54, 1.807) is 0 Å². The summed E-state index contributed by atoms with van der Waals surface area (Å²) < 4.78 is 13.4. The third kappa shape index (κ3) is 10.5. The van der Waals surface area contributed by atoms with Gasteiger partial charge in [-0.15, -0.1) is 0 Å². The second kappa shape index (κ2) is 12.5. The summed E-state index contributed by atoms with van der Waals surface area (Å²) in [5.74, 6) is -6.03. The number of hydrogen-bond acceptors (Lipinski definition) is 8. The van der Waals surface area contributed by atoms with E-state index in [1.165, 1.54) is 0 Å². The molecule has 0 unspecified atom stereocenters.